The summed E-state index contributed by atoms with van der Waals surface area (Å²) < 4.78 is 12.3. The summed E-state index contributed by atoms with van der Waals surface area (Å²) in [6, 6.07) is 25.5. The predicted octanol–water partition coefficient (Wildman–Crippen LogP) is 6.78. The molecule has 2 heterocycles. The first-order chi connectivity index (χ1) is 20.4. The van der Waals surface area contributed by atoms with Crippen molar-refractivity contribution in [2.75, 3.05) is 19.1 Å². The molecular weight excluding hydrogens is 594 g/mol. The molecular formula is C35H26BrNO5. The number of methoxy groups -OCH3 is 2. The molecule has 7 rings (SSSR count). The molecule has 42 heavy (non-hydrogen) atoms. The smallest absolute Gasteiger partial charge is 0.185 e. The Morgan fingerprint density at radius 1 is 0.833 bits per heavy atom. The van der Waals surface area contributed by atoms with Crippen LogP contribution in [0.1, 0.15) is 48.1 Å². The molecule has 6 nitrogen and oxygen atoms in total. The van der Waals surface area contributed by atoms with Crippen LogP contribution in [0.25, 0.3) is 6.08 Å². The van der Waals surface area contributed by atoms with Gasteiger partial charge in [0.05, 0.1) is 20.3 Å². The van der Waals surface area contributed by atoms with Crippen molar-refractivity contribution in [2.24, 2.45) is 5.41 Å². The molecule has 4 aromatic carbocycles. The van der Waals surface area contributed by atoms with Crippen LogP contribution < -0.4 is 14.4 Å². The first kappa shape index (κ1) is 26.4. The molecule has 4 aromatic rings. The average Bonchev–Trinajstić information content (AvgIpc) is 3.46. The van der Waals surface area contributed by atoms with Gasteiger partial charge in [0.2, 0.25) is 0 Å². The number of hydrogen-bond acceptors (Lipinski definition) is 6. The maximum atomic E-state index is 14.8. The second-order valence-electron chi connectivity index (χ2n) is 10.7. The van der Waals surface area contributed by atoms with Gasteiger partial charge < -0.3 is 14.4 Å². The van der Waals surface area contributed by atoms with Crippen molar-refractivity contribution in [1.82, 2.24) is 0 Å². The normalized spacial score (nSPS) is 21.2. The monoisotopic (exact) mass is 619 g/mol. The summed E-state index contributed by atoms with van der Waals surface area (Å²) >= 11 is 3.57. The number of rotatable bonds is 5. The van der Waals surface area contributed by atoms with E-state index in [4.69, 9.17) is 9.47 Å². The zero-order chi connectivity index (χ0) is 29.2. The van der Waals surface area contributed by atoms with Gasteiger partial charge in [-0.3, -0.25) is 14.4 Å². The molecule has 3 atom stereocenters. The zero-order valence-electron chi connectivity index (χ0n) is 22.9. The number of benzene rings is 4. The molecule has 2 aliphatic heterocycles. The van der Waals surface area contributed by atoms with Crippen LogP contribution in [0.4, 0.5) is 5.69 Å². The highest BCUT2D eigenvalue weighted by molar-refractivity contribution is 9.10. The number of carbonyl (C=O) groups excluding carboxylic acids is 3. The topological polar surface area (TPSA) is 72.9 Å². The lowest BCUT2D eigenvalue weighted by molar-refractivity contribution is 0.0664. The molecule has 0 unspecified atom stereocenters. The van der Waals surface area contributed by atoms with Gasteiger partial charge in [-0.1, -0.05) is 82.7 Å². The van der Waals surface area contributed by atoms with Gasteiger partial charge in [0.15, 0.2) is 17.3 Å². The largest absolute Gasteiger partial charge is 0.497 e. The van der Waals surface area contributed by atoms with Gasteiger partial charge in [0, 0.05) is 38.3 Å². The van der Waals surface area contributed by atoms with Crippen LogP contribution in [-0.2, 0) is 0 Å². The Labute approximate surface area is 251 Å². The van der Waals surface area contributed by atoms with E-state index >= 15 is 0 Å². The standard InChI is InChI=1S/C35H26BrNO5/c1-41-23-14-16-28(42-2)26(19-23)30-31(32(38)20-8-4-3-5-9-20)37-27-15-13-22(36)18-21(27)12-17-29(37)35(30)33(39)24-10-6-7-11-25(24)34(35)40/h3-19,29-31H,1-2H3/t29-,30+,31-/m1/s1. The second-order valence-corrected chi connectivity index (χ2v) is 11.7. The lowest BCUT2D eigenvalue weighted by atomic mass is 9.64. The molecule has 1 fully saturated rings. The molecule has 1 saturated heterocycles. The van der Waals surface area contributed by atoms with Gasteiger partial charge in [0.25, 0.3) is 0 Å². The van der Waals surface area contributed by atoms with E-state index < -0.39 is 23.4 Å². The van der Waals surface area contributed by atoms with Crippen molar-refractivity contribution in [2.45, 2.75) is 18.0 Å². The minimum Gasteiger partial charge on any atom is -0.497 e. The molecule has 1 aliphatic carbocycles. The van der Waals surface area contributed by atoms with Crippen molar-refractivity contribution >= 4 is 45.0 Å². The van der Waals surface area contributed by atoms with Crippen LogP contribution in [0.3, 0.4) is 0 Å². The molecule has 1 spiro atoms. The summed E-state index contributed by atoms with van der Waals surface area (Å²) in [5, 5.41) is 0. The van der Waals surface area contributed by atoms with Crippen LogP contribution in [0, 0.1) is 5.41 Å². The summed E-state index contributed by atoms with van der Waals surface area (Å²) in [5.74, 6) is -0.655. The summed E-state index contributed by atoms with van der Waals surface area (Å²) in [4.78, 5) is 46.4. The lowest BCUT2D eigenvalue weighted by Crippen LogP contribution is -2.48. The third-order valence-corrected chi connectivity index (χ3v) is 9.36. The fourth-order valence-corrected chi connectivity index (χ4v) is 7.53. The van der Waals surface area contributed by atoms with E-state index in [1.807, 2.05) is 53.5 Å². The van der Waals surface area contributed by atoms with E-state index in [-0.39, 0.29) is 17.3 Å². The zero-order valence-corrected chi connectivity index (χ0v) is 24.5. The maximum absolute atomic E-state index is 14.8. The van der Waals surface area contributed by atoms with Crippen molar-refractivity contribution in [3.8, 4) is 11.5 Å². The Bertz CT molecular complexity index is 1780. The quantitative estimate of drug-likeness (QED) is 0.181. The van der Waals surface area contributed by atoms with E-state index in [1.54, 1.807) is 68.8 Å². The summed E-state index contributed by atoms with van der Waals surface area (Å²) in [6.07, 6.45) is 3.86. The fraction of sp³-hybridized carbons (Fsp3) is 0.171. The Balaban J connectivity index is 1.59. The number of anilines is 1. The van der Waals surface area contributed by atoms with Crippen LogP contribution in [0.15, 0.2) is 102 Å². The number of carbonyl (C=O) groups is 3. The Morgan fingerprint density at radius 3 is 2.19 bits per heavy atom. The first-order valence-corrected chi connectivity index (χ1v) is 14.5. The number of nitrogens with zero attached hydrogens (tertiary/aromatic N) is 1. The van der Waals surface area contributed by atoms with E-state index in [1.165, 1.54) is 0 Å². The third-order valence-electron chi connectivity index (χ3n) is 8.86. The summed E-state index contributed by atoms with van der Waals surface area (Å²) in [7, 11) is 3.11. The highest BCUT2D eigenvalue weighted by Gasteiger charge is 2.72. The number of ether oxygens (including phenoxy) is 2. The minimum atomic E-state index is -1.63. The van der Waals surface area contributed by atoms with Gasteiger partial charge in [-0.2, -0.15) is 0 Å². The number of ketones is 3. The lowest BCUT2D eigenvalue weighted by Gasteiger charge is -2.37. The highest BCUT2D eigenvalue weighted by Crippen LogP contribution is 2.62. The fourth-order valence-electron chi connectivity index (χ4n) is 7.15. The Morgan fingerprint density at radius 2 is 1.52 bits per heavy atom. The van der Waals surface area contributed by atoms with Gasteiger partial charge in [-0.15, -0.1) is 0 Å². The SMILES string of the molecule is COc1ccc(OC)c([C@H]2[C@H](C(=O)c3ccccc3)N3c4ccc(Br)cc4C=C[C@@H]3C23C(=O)c2ccccc2C3=O)c1. The molecule has 3 aliphatic rings. The molecule has 0 amide bonds. The van der Waals surface area contributed by atoms with Crippen molar-refractivity contribution in [3.05, 3.63) is 129 Å². The van der Waals surface area contributed by atoms with Crippen molar-refractivity contribution in [1.29, 1.82) is 0 Å². The first-order valence-electron chi connectivity index (χ1n) is 13.7. The predicted molar refractivity (Wildman–Crippen MR) is 164 cm³/mol. The van der Waals surface area contributed by atoms with Gasteiger partial charge >= 0.3 is 0 Å². The number of Topliss-reactive ketones (excluding diaryl/α,β-unsaturated/α-hetero) is 3. The van der Waals surface area contributed by atoms with Crippen molar-refractivity contribution < 1.29 is 23.9 Å². The van der Waals surface area contributed by atoms with Crippen LogP contribution in [0.5, 0.6) is 11.5 Å². The molecule has 7 heteroatoms. The second kappa shape index (κ2) is 9.81. The molecule has 0 bridgehead atoms. The molecule has 0 radical (unpaired) electrons. The third kappa shape index (κ3) is 3.53. The number of fused-ring (bicyclic) bond motifs is 5. The van der Waals surface area contributed by atoms with Crippen LogP contribution in [0.2, 0.25) is 0 Å². The molecule has 0 saturated carbocycles. The van der Waals surface area contributed by atoms with Crippen LogP contribution >= 0.6 is 15.9 Å². The minimum absolute atomic E-state index is 0.187. The van der Waals surface area contributed by atoms with Gasteiger partial charge in [-0.05, 0) is 42.0 Å². The molecule has 0 N–H and O–H groups in total. The van der Waals surface area contributed by atoms with E-state index in [2.05, 4.69) is 15.9 Å². The highest BCUT2D eigenvalue weighted by atomic mass is 79.9. The van der Waals surface area contributed by atoms with E-state index in [0.29, 0.717) is 33.8 Å². The van der Waals surface area contributed by atoms with Gasteiger partial charge in [-0.25, -0.2) is 0 Å². The van der Waals surface area contributed by atoms with Gasteiger partial charge in [0.1, 0.15) is 23.0 Å². The number of hydrogen-bond donors (Lipinski definition) is 0. The van der Waals surface area contributed by atoms with Crippen LogP contribution in [-0.4, -0.2) is 43.7 Å². The Kier molecular flexibility index (Phi) is 6.17. The summed E-state index contributed by atoms with van der Waals surface area (Å²) in [6.45, 7) is 0. The summed E-state index contributed by atoms with van der Waals surface area (Å²) in [5.41, 5.74) is 1.85. The van der Waals surface area contributed by atoms with E-state index in [0.717, 1.165) is 15.7 Å². The van der Waals surface area contributed by atoms with E-state index in [9.17, 15) is 14.4 Å². The Hall–Kier alpha value is -4.49. The number of halogens is 1. The van der Waals surface area contributed by atoms with Crippen molar-refractivity contribution in [3.63, 3.8) is 0 Å². The molecule has 208 valence electrons. The average molecular weight is 620 g/mol. The maximum Gasteiger partial charge on any atom is 0.185 e. The molecule has 0 aromatic heterocycles.